The fourth-order valence-corrected chi connectivity index (χ4v) is 1.59. The molecule has 0 aromatic carbocycles. The third-order valence-electron chi connectivity index (χ3n) is 2.19. The molecular formula is C8H12F9NO4S. The zero-order chi connectivity index (χ0) is 18.0. The summed E-state index contributed by atoms with van der Waals surface area (Å²) in [7, 11) is -4.72. The second-order valence-corrected chi connectivity index (χ2v) is 5.50. The Morgan fingerprint density at radius 2 is 1.26 bits per heavy atom. The molecule has 0 unspecified atom stereocenters. The van der Waals surface area contributed by atoms with Crippen LogP contribution in [0.5, 0.6) is 0 Å². The molecule has 0 rings (SSSR count). The number of quaternary nitrogens is 1. The molecule has 0 amide bonds. The molecule has 23 heavy (non-hydrogen) atoms. The van der Waals surface area contributed by atoms with Crippen molar-refractivity contribution >= 4 is 10.1 Å². The van der Waals surface area contributed by atoms with E-state index in [9.17, 15) is 52.5 Å². The van der Waals surface area contributed by atoms with Crippen molar-refractivity contribution < 1.29 is 57.2 Å². The number of hydrogen-bond acceptors (Lipinski definition) is 4. The summed E-state index contributed by atoms with van der Waals surface area (Å²) in [5.74, 6) is -15.0. The predicted octanol–water partition coefficient (Wildman–Crippen LogP) is 3.13. The Labute approximate surface area is 124 Å². The lowest BCUT2D eigenvalue weighted by molar-refractivity contribution is -0.444. The Hall–Kier alpha value is -0.800. The van der Waals surface area contributed by atoms with Gasteiger partial charge in [-0.2, -0.15) is 39.5 Å². The van der Waals surface area contributed by atoms with Gasteiger partial charge in [0.1, 0.15) is 0 Å². The van der Waals surface area contributed by atoms with Gasteiger partial charge in [0.2, 0.25) is 0 Å². The molecule has 0 aromatic rings. The van der Waals surface area contributed by atoms with Crippen LogP contribution in [-0.4, -0.2) is 49.5 Å². The van der Waals surface area contributed by atoms with Crippen LogP contribution in [0.4, 0.5) is 39.5 Å². The van der Waals surface area contributed by atoms with Crippen LogP contribution in [0.25, 0.3) is 0 Å². The largest absolute Gasteiger partial charge is 0.748 e. The van der Waals surface area contributed by atoms with Gasteiger partial charge in [-0.3, -0.25) is 0 Å². The van der Waals surface area contributed by atoms with E-state index in [4.69, 9.17) is 0 Å². The molecule has 0 spiro atoms. The minimum atomic E-state index is -7.05. The van der Waals surface area contributed by atoms with Gasteiger partial charge in [0.25, 0.3) is 0 Å². The molecule has 0 aromatic heterocycles. The number of unbranched alkanes of at least 4 members (excludes halogenated alkanes) is 1. The Kier molecular flexibility index (Phi) is 7.86. The molecule has 0 radical (unpaired) electrons. The molecule has 0 heterocycles. The number of ether oxygens (including phenoxy) is 1. The van der Waals surface area contributed by atoms with Gasteiger partial charge >= 0.3 is 24.1 Å². The quantitative estimate of drug-likeness (QED) is 0.391. The van der Waals surface area contributed by atoms with Crippen molar-refractivity contribution in [3.63, 3.8) is 0 Å². The van der Waals surface area contributed by atoms with Crippen LogP contribution in [0.15, 0.2) is 0 Å². The second-order valence-electron chi connectivity index (χ2n) is 3.98. The van der Waals surface area contributed by atoms with Gasteiger partial charge in [-0.25, -0.2) is 8.42 Å². The molecule has 0 aliphatic rings. The van der Waals surface area contributed by atoms with E-state index in [-0.39, 0.29) is 6.15 Å². The molecule has 142 valence electrons. The van der Waals surface area contributed by atoms with E-state index in [2.05, 4.69) is 4.74 Å². The fraction of sp³-hybridized carbons (Fsp3) is 1.00. The molecule has 0 aliphatic heterocycles. The Bertz CT molecular complexity index is 476. The first kappa shape index (κ1) is 24.5. The normalized spacial score (nSPS) is 14.5. The van der Waals surface area contributed by atoms with Crippen LogP contribution in [0.1, 0.15) is 12.8 Å². The first-order chi connectivity index (χ1) is 9.46. The summed E-state index contributed by atoms with van der Waals surface area (Å²) in [6.07, 6.45) is -14.5. The summed E-state index contributed by atoms with van der Waals surface area (Å²) < 4.78 is 144. The van der Waals surface area contributed by atoms with Crippen LogP contribution in [0.3, 0.4) is 0 Å². The van der Waals surface area contributed by atoms with Crippen LogP contribution < -0.4 is 6.15 Å². The zero-order valence-electron chi connectivity index (χ0n) is 11.3. The van der Waals surface area contributed by atoms with Crippen LogP contribution in [-0.2, 0) is 14.9 Å². The van der Waals surface area contributed by atoms with Crippen molar-refractivity contribution in [3.8, 4) is 0 Å². The smallest absolute Gasteiger partial charge is 0.460 e. The summed E-state index contributed by atoms with van der Waals surface area (Å²) in [5, 5.41) is 0. The predicted molar refractivity (Wildman–Crippen MR) is 56.6 cm³/mol. The highest BCUT2D eigenvalue weighted by molar-refractivity contribution is 7.85. The lowest BCUT2D eigenvalue weighted by Crippen LogP contribution is -2.61. The summed E-state index contributed by atoms with van der Waals surface area (Å²) in [4.78, 5) is 0. The molecule has 5 nitrogen and oxygen atoms in total. The Balaban J connectivity index is 0. The summed E-state index contributed by atoms with van der Waals surface area (Å²) >= 11 is 0. The molecule has 4 N–H and O–H groups in total. The highest BCUT2D eigenvalue weighted by Crippen LogP contribution is 2.53. The molecule has 0 atom stereocenters. The van der Waals surface area contributed by atoms with Gasteiger partial charge in [-0.1, -0.05) is 0 Å². The maximum absolute atomic E-state index is 12.8. The van der Waals surface area contributed by atoms with E-state index in [1.165, 1.54) is 0 Å². The average molecular weight is 389 g/mol. The van der Waals surface area contributed by atoms with Gasteiger partial charge in [-0.05, 0) is 12.8 Å². The SMILES string of the molecule is O=S(=O)([O-])CCCCOC(F)(F)C(F)(F)C(F)(F)C(F)(F)F.[NH4+]. The fourth-order valence-electron chi connectivity index (χ4n) is 1.03. The summed E-state index contributed by atoms with van der Waals surface area (Å²) in [6, 6.07) is 0. The minimum absolute atomic E-state index is 0. The third-order valence-corrected chi connectivity index (χ3v) is 2.98. The number of rotatable bonds is 8. The number of hydrogen-bond donors (Lipinski definition) is 1. The lowest BCUT2D eigenvalue weighted by atomic mass is 10.1. The molecule has 0 saturated carbocycles. The monoisotopic (exact) mass is 389 g/mol. The molecule has 0 fully saturated rings. The maximum atomic E-state index is 12.8. The number of halogens is 9. The van der Waals surface area contributed by atoms with E-state index in [0.717, 1.165) is 0 Å². The number of alkyl halides is 9. The van der Waals surface area contributed by atoms with E-state index in [1.54, 1.807) is 0 Å². The van der Waals surface area contributed by atoms with Crippen LogP contribution in [0.2, 0.25) is 0 Å². The van der Waals surface area contributed by atoms with Crippen molar-refractivity contribution in [2.24, 2.45) is 0 Å². The minimum Gasteiger partial charge on any atom is -0.748 e. The van der Waals surface area contributed by atoms with Crippen molar-refractivity contribution in [1.82, 2.24) is 6.15 Å². The van der Waals surface area contributed by atoms with Gasteiger partial charge in [0.05, 0.1) is 16.7 Å². The molecule has 0 aliphatic carbocycles. The van der Waals surface area contributed by atoms with Gasteiger partial charge < -0.3 is 15.4 Å². The van der Waals surface area contributed by atoms with Gasteiger partial charge in [0, 0.05) is 5.75 Å². The van der Waals surface area contributed by atoms with Crippen LogP contribution >= 0.6 is 0 Å². The summed E-state index contributed by atoms with van der Waals surface area (Å²) in [6.45, 7) is -1.47. The Morgan fingerprint density at radius 3 is 1.61 bits per heavy atom. The molecular weight excluding hydrogens is 377 g/mol. The van der Waals surface area contributed by atoms with Crippen molar-refractivity contribution in [2.45, 2.75) is 37.0 Å². The molecule has 0 bridgehead atoms. The summed E-state index contributed by atoms with van der Waals surface area (Å²) in [5.41, 5.74) is 0. The second kappa shape index (κ2) is 7.40. The first-order valence-electron chi connectivity index (χ1n) is 5.23. The standard InChI is InChI=1S/C8H9F9O4S.H3N/c9-5(10,7(13,14)15)6(11,12)8(16,17)21-3-1-2-4-22(18,19)20;/h1-4H2,(H,18,19,20);1H3. The van der Waals surface area contributed by atoms with Crippen molar-refractivity contribution in [3.05, 3.63) is 0 Å². The highest BCUT2D eigenvalue weighted by Gasteiger charge is 2.82. The van der Waals surface area contributed by atoms with E-state index in [1.807, 2.05) is 0 Å². The van der Waals surface area contributed by atoms with Crippen molar-refractivity contribution in [1.29, 1.82) is 0 Å². The van der Waals surface area contributed by atoms with Crippen molar-refractivity contribution in [2.75, 3.05) is 12.4 Å². The maximum Gasteiger partial charge on any atom is 0.460 e. The lowest BCUT2D eigenvalue weighted by Gasteiger charge is -2.33. The van der Waals surface area contributed by atoms with E-state index >= 15 is 0 Å². The topological polar surface area (TPSA) is 103 Å². The molecule has 0 saturated heterocycles. The Morgan fingerprint density at radius 1 is 0.826 bits per heavy atom. The van der Waals surface area contributed by atoms with Gasteiger partial charge in [0.15, 0.2) is 0 Å². The van der Waals surface area contributed by atoms with E-state index < -0.39 is 59.4 Å². The average Bonchev–Trinajstić information content (AvgIpc) is 2.24. The zero-order valence-corrected chi connectivity index (χ0v) is 12.1. The molecule has 15 heteroatoms. The van der Waals surface area contributed by atoms with Gasteiger partial charge in [-0.15, -0.1) is 0 Å². The van der Waals surface area contributed by atoms with Crippen LogP contribution in [0, 0.1) is 0 Å². The highest BCUT2D eigenvalue weighted by atomic mass is 32.2. The van der Waals surface area contributed by atoms with E-state index in [0.29, 0.717) is 0 Å². The third kappa shape index (κ3) is 5.96. The first-order valence-corrected chi connectivity index (χ1v) is 6.81.